The first-order chi connectivity index (χ1) is 6.53. The molecule has 0 aliphatic carbocycles. The zero-order valence-electron chi connectivity index (χ0n) is 9.97. The molecular weight excluding hydrogens is 176 g/mol. The van der Waals surface area contributed by atoms with Crippen LogP contribution >= 0.6 is 0 Å². The predicted molar refractivity (Wildman–Crippen MR) is 59.6 cm³/mol. The molecule has 0 aromatic heterocycles. The van der Waals surface area contributed by atoms with Crippen molar-refractivity contribution in [2.24, 2.45) is 0 Å². The van der Waals surface area contributed by atoms with Gasteiger partial charge in [0.1, 0.15) is 0 Å². The molecule has 1 N–H and O–H groups in total. The zero-order chi connectivity index (χ0) is 10.6. The Labute approximate surface area is 87.8 Å². The first kappa shape index (κ1) is 12.0. The lowest BCUT2D eigenvalue weighted by atomic mass is 9.99. The lowest BCUT2D eigenvalue weighted by molar-refractivity contribution is 0.108. The summed E-state index contributed by atoms with van der Waals surface area (Å²) in [6.45, 7) is 11.1. The molecule has 1 atom stereocenters. The van der Waals surface area contributed by atoms with Gasteiger partial charge in [0.2, 0.25) is 0 Å². The normalized spacial score (nSPS) is 27.9. The molecule has 0 aromatic carbocycles. The van der Waals surface area contributed by atoms with Crippen LogP contribution in [-0.4, -0.2) is 49.8 Å². The van der Waals surface area contributed by atoms with Crippen LogP contribution in [0, 0.1) is 0 Å². The molecule has 1 heterocycles. The van der Waals surface area contributed by atoms with Gasteiger partial charge in [0.05, 0.1) is 0 Å². The summed E-state index contributed by atoms with van der Waals surface area (Å²) in [6, 6.07) is 0.598. The first-order valence-corrected chi connectivity index (χ1v) is 5.52. The van der Waals surface area contributed by atoms with Gasteiger partial charge >= 0.3 is 0 Å². The Bertz CT molecular complexity index is 171. The van der Waals surface area contributed by atoms with E-state index in [1.54, 1.807) is 7.11 Å². The molecule has 0 radical (unpaired) electrons. The molecule has 0 saturated carbocycles. The van der Waals surface area contributed by atoms with E-state index in [-0.39, 0.29) is 5.54 Å². The quantitative estimate of drug-likeness (QED) is 0.688. The van der Waals surface area contributed by atoms with Gasteiger partial charge in [0.15, 0.2) is 0 Å². The molecule has 0 amide bonds. The van der Waals surface area contributed by atoms with Gasteiger partial charge in [-0.3, -0.25) is 4.90 Å². The number of hydrogen-bond acceptors (Lipinski definition) is 3. The highest BCUT2D eigenvalue weighted by Crippen LogP contribution is 2.13. The van der Waals surface area contributed by atoms with Crippen LogP contribution < -0.4 is 5.32 Å². The molecule has 3 heteroatoms. The molecule has 1 aliphatic heterocycles. The topological polar surface area (TPSA) is 24.5 Å². The van der Waals surface area contributed by atoms with Crippen molar-refractivity contribution in [2.75, 3.05) is 33.4 Å². The van der Waals surface area contributed by atoms with E-state index in [9.17, 15) is 0 Å². The van der Waals surface area contributed by atoms with Crippen molar-refractivity contribution in [3.8, 4) is 0 Å². The number of methoxy groups -OCH3 is 1. The highest BCUT2D eigenvalue weighted by Gasteiger charge is 2.28. The van der Waals surface area contributed by atoms with E-state index in [0.717, 1.165) is 32.7 Å². The van der Waals surface area contributed by atoms with Crippen LogP contribution in [0.2, 0.25) is 0 Å². The summed E-state index contributed by atoms with van der Waals surface area (Å²) in [6.07, 6.45) is 1.14. The maximum Gasteiger partial charge on any atom is 0.0474 e. The van der Waals surface area contributed by atoms with Gasteiger partial charge in [0, 0.05) is 44.9 Å². The highest BCUT2D eigenvalue weighted by atomic mass is 16.5. The third kappa shape index (κ3) is 3.95. The van der Waals surface area contributed by atoms with Crippen LogP contribution in [0.15, 0.2) is 0 Å². The van der Waals surface area contributed by atoms with E-state index in [1.807, 2.05) is 0 Å². The third-order valence-corrected chi connectivity index (χ3v) is 2.61. The average molecular weight is 200 g/mol. The van der Waals surface area contributed by atoms with Crippen LogP contribution in [0.25, 0.3) is 0 Å². The SMILES string of the molecule is COCCCN1CC(C)NC(C)(C)C1. The molecule has 1 unspecified atom stereocenters. The molecule has 3 nitrogen and oxygen atoms in total. The van der Waals surface area contributed by atoms with E-state index in [4.69, 9.17) is 4.74 Å². The number of ether oxygens (including phenoxy) is 1. The molecule has 1 aliphatic rings. The van der Waals surface area contributed by atoms with Gasteiger partial charge in [-0.25, -0.2) is 0 Å². The fourth-order valence-corrected chi connectivity index (χ4v) is 2.37. The second kappa shape index (κ2) is 5.10. The Morgan fingerprint density at radius 3 is 2.79 bits per heavy atom. The Balaban J connectivity index is 2.30. The van der Waals surface area contributed by atoms with E-state index < -0.39 is 0 Å². The fraction of sp³-hybridized carbons (Fsp3) is 1.00. The minimum absolute atomic E-state index is 0.255. The maximum atomic E-state index is 5.07. The maximum absolute atomic E-state index is 5.07. The fourth-order valence-electron chi connectivity index (χ4n) is 2.37. The Kier molecular flexibility index (Phi) is 4.35. The van der Waals surface area contributed by atoms with Gasteiger partial charge in [-0.2, -0.15) is 0 Å². The van der Waals surface area contributed by atoms with E-state index >= 15 is 0 Å². The monoisotopic (exact) mass is 200 g/mol. The van der Waals surface area contributed by atoms with E-state index in [2.05, 4.69) is 31.0 Å². The Morgan fingerprint density at radius 1 is 1.50 bits per heavy atom. The summed E-state index contributed by atoms with van der Waals surface area (Å²) >= 11 is 0. The predicted octanol–water partition coefficient (Wildman–Crippen LogP) is 1.10. The number of nitrogens with zero attached hydrogens (tertiary/aromatic N) is 1. The van der Waals surface area contributed by atoms with Crippen molar-refractivity contribution in [2.45, 2.75) is 38.8 Å². The van der Waals surface area contributed by atoms with Gasteiger partial charge in [-0.1, -0.05) is 0 Å². The third-order valence-electron chi connectivity index (χ3n) is 2.61. The zero-order valence-corrected chi connectivity index (χ0v) is 9.97. The van der Waals surface area contributed by atoms with Crippen molar-refractivity contribution in [3.05, 3.63) is 0 Å². The summed E-state index contributed by atoms with van der Waals surface area (Å²) in [5.74, 6) is 0. The Hall–Kier alpha value is -0.120. The van der Waals surface area contributed by atoms with Crippen molar-refractivity contribution in [3.63, 3.8) is 0 Å². The minimum atomic E-state index is 0.255. The largest absolute Gasteiger partial charge is 0.385 e. The highest BCUT2D eigenvalue weighted by molar-refractivity contribution is 4.90. The lowest BCUT2D eigenvalue weighted by Gasteiger charge is -2.42. The van der Waals surface area contributed by atoms with Gasteiger partial charge in [-0.15, -0.1) is 0 Å². The standard InChI is InChI=1S/C11H24N2O/c1-10-8-13(6-5-7-14-4)9-11(2,3)12-10/h10,12H,5-9H2,1-4H3. The number of nitrogens with one attached hydrogen (secondary N) is 1. The summed E-state index contributed by atoms with van der Waals surface area (Å²) in [5, 5.41) is 3.60. The van der Waals surface area contributed by atoms with Crippen LogP contribution in [0.4, 0.5) is 0 Å². The summed E-state index contributed by atoms with van der Waals surface area (Å²) < 4.78 is 5.07. The van der Waals surface area contributed by atoms with Crippen LogP contribution in [-0.2, 0) is 4.74 Å². The van der Waals surface area contributed by atoms with Crippen molar-refractivity contribution in [1.29, 1.82) is 0 Å². The Morgan fingerprint density at radius 2 is 2.21 bits per heavy atom. The van der Waals surface area contributed by atoms with E-state index in [0.29, 0.717) is 6.04 Å². The van der Waals surface area contributed by atoms with Gasteiger partial charge in [-0.05, 0) is 27.2 Å². The smallest absolute Gasteiger partial charge is 0.0474 e. The van der Waals surface area contributed by atoms with Crippen LogP contribution in [0.1, 0.15) is 27.2 Å². The summed E-state index contributed by atoms with van der Waals surface area (Å²) in [5.41, 5.74) is 0.255. The number of hydrogen-bond donors (Lipinski definition) is 1. The van der Waals surface area contributed by atoms with Crippen molar-refractivity contribution >= 4 is 0 Å². The van der Waals surface area contributed by atoms with Crippen LogP contribution in [0.5, 0.6) is 0 Å². The molecule has 1 saturated heterocycles. The molecule has 0 bridgehead atoms. The summed E-state index contributed by atoms with van der Waals surface area (Å²) in [4.78, 5) is 2.53. The molecule has 0 aromatic rings. The number of rotatable bonds is 4. The second-order valence-electron chi connectivity index (χ2n) is 5.01. The van der Waals surface area contributed by atoms with Crippen molar-refractivity contribution < 1.29 is 4.74 Å². The van der Waals surface area contributed by atoms with Gasteiger partial charge < -0.3 is 10.1 Å². The molecule has 1 rings (SSSR count). The molecule has 1 fully saturated rings. The second-order valence-corrected chi connectivity index (χ2v) is 5.01. The summed E-state index contributed by atoms with van der Waals surface area (Å²) in [7, 11) is 1.77. The molecule has 14 heavy (non-hydrogen) atoms. The average Bonchev–Trinajstić information content (AvgIpc) is 2.00. The van der Waals surface area contributed by atoms with Gasteiger partial charge in [0.25, 0.3) is 0 Å². The molecular formula is C11H24N2O. The van der Waals surface area contributed by atoms with Crippen LogP contribution in [0.3, 0.4) is 0 Å². The van der Waals surface area contributed by atoms with Crippen molar-refractivity contribution in [1.82, 2.24) is 10.2 Å². The lowest BCUT2D eigenvalue weighted by Crippen LogP contribution is -2.61. The molecule has 0 spiro atoms. The minimum Gasteiger partial charge on any atom is -0.385 e. The number of piperazine rings is 1. The molecule has 84 valence electrons. The van der Waals surface area contributed by atoms with E-state index in [1.165, 1.54) is 0 Å². The first-order valence-electron chi connectivity index (χ1n) is 5.52.